The number of β-amino-alcohol motifs (C(OH)–C–C–N with tert-alkyl or cyclic N) is 1. The van der Waals surface area contributed by atoms with Crippen LogP contribution in [-0.4, -0.2) is 64.2 Å². The number of esters is 1. The lowest BCUT2D eigenvalue weighted by Gasteiger charge is -2.23. The molecule has 3 aromatic rings. The zero-order valence-corrected chi connectivity index (χ0v) is 19.9. The molecule has 2 aromatic carbocycles. The number of hydrogen-bond donors (Lipinski definition) is 3. The summed E-state index contributed by atoms with van der Waals surface area (Å²) in [5, 5.41) is 30.1. The van der Waals surface area contributed by atoms with E-state index in [1.165, 1.54) is 12.1 Å². The van der Waals surface area contributed by atoms with E-state index in [0.717, 1.165) is 15.4 Å². The monoisotopic (exact) mass is 496 g/mol. The van der Waals surface area contributed by atoms with Gasteiger partial charge in [0.1, 0.15) is 24.3 Å². The van der Waals surface area contributed by atoms with Crippen molar-refractivity contribution in [2.75, 3.05) is 13.2 Å². The fourth-order valence-electron chi connectivity index (χ4n) is 3.91. The van der Waals surface area contributed by atoms with Gasteiger partial charge in [0.05, 0.1) is 22.0 Å². The number of nitrogens with one attached hydrogen (secondary N) is 1. The summed E-state index contributed by atoms with van der Waals surface area (Å²) in [5.74, 6) is -1.37. The molecular weight excluding hydrogens is 472 g/mol. The summed E-state index contributed by atoms with van der Waals surface area (Å²) in [6.07, 6.45) is -1.20. The molecule has 182 valence electrons. The number of aromatic amines is 1. The third kappa shape index (κ3) is 4.77. The van der Waals surface area contributed by atoms with E-state index in [2.05, 4.69) is 9.97 Å². The largest absolute Gasteiger partial charge is 0.507 e. The summed E-state index contributed by atoms with van der Waals surface area (Å²) in [4.78, 5) is 20.0. The first-order valence-corrected chi connectivity index (χ1v) is 12.3. The molecule has 0 aliphatic carbocycles. The van der Waals surface area contributed by atoms with Gasteiger partial charge < -0.3 is 19.9 Å². The molecule has 0 unspecified atom stereocenters. The molecule has 1 aliphatic rings. The highest BCUT2D eigenvalue weighted by atomic mass is 32.2. The number of aryl methyl sites for hydroxylation is 2. The minimum atomic E-state index is -4.09. The normalized spacial score (nSPS) is 19.4. The Hall–Kier alpha value is -3.72. The van der Waals surface area contributed by atoms with E-state index in [1.807, 2.05) is 13.0 Å². The van der Waals surface area contributed by atoms with Crippen molar-refractivity contribution in [1.82, 2.24) is 14.3 Å². The average Bonchev–Trinajstić information content (AvgIpc) is 3.43. The number of fused-ring (bicyclic) bond motifs is 1. The van der Waals surface area contributed by atoms with Crippen molar-refractivity contribution >= 4 is 32.6 Å². The van der Waals surface area contributed by atoms with Crippen LogP contribution < -0.4 is 0 Å². The Morgan fingerprint density at radius 2 is 2.00 bits per heavy atom. The number of carbonyl (C=O) groups is 1. The van der Waals surface area contributed by atoms with Gasteiger partial charge in [-0.05, 0) is 49.2 Å². The Bertz CT molecular complexity index is 1440. The van der Waals surface area contributed by atoms with Crippen molar-refractivity contribution in [2.45, 2.75) is 37.3 Å². The first-order valence-electron chi connectivity index (χ1n) is 10.8. The number of allylic oxidation sites excluding steroid dienone is 1. The molecule has 1 aromatic heterocycles. The van der Waals surface area contributed by atoms with Crippen LogP contribution in [-0.2, 0) is 19.6 Å². The van der Waals surface area contributed by atoms with Crippen LogP contribution in [0.2, 0.25) is 0 Å². The molecule has 0 radical (unpaired) electrons. The van der Waals surface area contributed by atoms with Crippen molar-refractivity contribution in [3.8, 4) is 6.07 Å². The molecule has 1 saturated heterocycles. The Balaban J connectivity index is 1.53. The highest BCUT2D eigenvalue weighted by Gasteiger charge is 2.44. The molecule has 35 heavy (non-hydrogen) atoms. The summed E-state index contributed by atoms with van der Waals surface area (Å²) >= 11 is 0. The number of aromatic nitrogens is 2. The second-order valence-electron chi connectivity index (χ2n) is 8.37. The molecule has 1 aliphatic heterocycles. The van der Waals surface area contributed by atoms with Gasteiger partial charge in [0.2, 0.25) is 10.0 Å². The first kappa shape index (κ1) is 24.4. The minimum Gasteiger partial charge on any atom is -0.507 e. The lowest BCUT2D eigenvalue weighted by atomic mass is 10.1. The second-order valence-corrected chi connectivity index (χ2v) is 10.3. The Kier molecular flexibility index (Phi) is 6.62. The first-order chi connectivity index (χ1) is 16.6. The lowest BCUT2D eigenvalue weighted by molar-refractivity contribution is -0.147. The molecule has 0 spiro atoms. The Morgan fingerprint density at radius 1 is 1.26 bits per heavy atom. The van der Waals surface area contributed by atoms with E-state index in [0.29, 0.717) is 11.0 Å². The fourth-order valence-corrected chi connectivity index (χ4v) is 5.62. The highest BCUT2D eigenvalue weighted by Crippen LogP contribution is 2.28. The van der Waals surface area contributed by atoms with Gasteiger partial charge >= 0.3 is 5.97 Å². The van der Waals surface area contributed by atoms with Crippen LogP contribution in [0, 0.1) is 25.2 Å². The molecule has 0 bridgehead atoms. The molecule has 2 atom stereocenters. The third-order valence-corrected chi connectivity index (χ3v) is 7.84. The number of sulfonamides is 1. The van der Waals surface area contributed by atoms with Crippen LogP contribution in [0.3, 0.4) is 0 Å². The number of nitriles is 1. The van der Waals surface area contributed by atoms with Gasteiger partial charge in [0.25, 0.3) is 0 Å². The van der Waals surface area contributed by atoms with E-state index >= 15 is 0 Å². The predicted molar refractivity (Wildman–Crippen MR) is 126 cm³/mol. The summed E-state index contributed by atoms with van der Waals surface area (Å²) in [5.41, 5.74) is 2.73. The average molecular weight is 497 g/mol. The smallest absolute Gasteiger partial charge is 0.325 e. The lowest BCUT2D eigenvalue weighted by Crippen LogP contribution is -2.41. The zero-order valence-electron chi connectivity index (χ0n) is 19.1. The SMILES string of the molecule is Cc1ccc(S(=O)(=O)N2C[C@H](O)C[C@H]2C(=O)OCC(O)=C(C#N)c2nc3ccccc3[nH]2)cc1C. The number of aliphatic hydroxyl groups excluding tert-OH is 2. The third-order valence-electron chi connectivity index (χ3n) is 5.97. The van der Waals surface area contributed by atoms with Crippen molar-refractivity contribution in [1.29, 1.82) is 5.26 Å². The van der Waals surface area contributed by atoms with Crippen molar-refractivity contribution < 1.29 is 28.2 Å². The molecule has 10 nitrogen and oxygen atoms in total. The maximum Gasteiger partial charge on any atom is 0.325 e. The molecular formula is C24H24N4O6S. The minimum absolute atomic E-state index is 0.00638. The van der Waals surface area contributed by atoms with Crippen LogP contribution in [0.4, 0.5) is 0 Å². The fraction of sp³-hybridized carbons (Fsp3) is 0.292. The van der Waals surface area contributed by atoms with Gasteiger partial charge in [-0.3, -0.25) is 4.79 Å². The summed E-state index contributed by atoms with van der Waals surface area (Å²) in [6.45, 7) is 2.71. The van der Waals surface area contributed by atoms with Gasteiger partial charge in [-0.1, -0.05) is 18.2 Å². The summed E-state index contributed by atoms with van der Waals surface area (Å²) in [6, 6.07) is 12.3. The Labute approximate surface area is 202 Å². The number of rotatable bonds is 6. The highest BCUT2D eigenvalue weighted by molar-refractivity contribution is 7.89. The second kappa shape index (κ2) is 9.50. The predicted octanol–water partition coefficient (Wildman–Crippen LogP) is 2.34. The van der Waals surface area contributed by atoms with Crippen LogP contribution >= 0.6 is 0 Å². The standard InChI is InChI=1S/C24H24N4O6S/c1-14-7-8-17(9-15(14)2)35(32,33)28-12-16(29)10-21(28)24(31)34-13-22(30)18(11-25)23-26-19-5-3-4-6-20(19)27-23/h3-9,16,21,29-30H,10,12-13H2,1-2H3,(H,26,27)/t16-,21+/m1/s1. The number of nitrogens with zero attached hydrogens (tertiary/aromatic N) is 3. The molecule has 4 rings (SSSR count). The van der Waals surface area contributed by atoms with Gasteiger partial charge in [0, 0.05) is 13.0 Å². The quantitative estimate of drug-likeness (QED) is 0.267. The molecule has 2 heterocycles. The van der Waals surface area contributed by atoms with Crippen LogP contribution in [0.15, 0.2) is 53.1 Å². The van der Waals surface area contributed by atoms with E-state index in [-0.39, 0.29) is 29.3 Å². The van der Waals surface area contributed by atoms with E-state index in [9.17, 15) is 28.7 Å². The van der Waals surface area contributed by atoms with Crippen LogP contribution in [0.1, 0.15) is 23.4 Å². The zero-order chi connectivity index (χ0) is 25.3. The number of aliphatic hydroxyl groups is 2. The van der Waals surface area contributed by atoms with Crippen molar-refractivity contribution in [3.05, 3.63) is 65.2 Å². The van der Waals surface area contributed by atoms with Crippen LogP contribution in [0.25, 0.3) is 16.6 Å². The number of H-pyrrole nitrogens is 1. The number of benzene rings is 2. The van der Waals surface area contributed by atoms with Gasteiger partial charge in [-0.15, -0.1) is 0 Å². The number of carbonyl (C=O) groups excluding carboxylic acids is 1. The molecule has 11 heteroatoms. The Morgan fingerprint density at radius 3 is 2.69 bits per heavy atom. The van der Waals surface area contributed by atoms with Crippen molar-refractivity contribution in [2.24, 2.45) is 0 Å². The maximum atomic E-state index is 13.2. The number of para-hydroxylation sites is 2. The van der Waals surface area contributed by atoms with Crippen LogP contribution in [0.5, 0.6) is 0 Å². The molecule has 0 amide bonds. The van der Waals surface area contributed by atoms with E-state index in [4.69, 9.17) is 4.74 Å². The molecule has 1 fully saturated rings. The number of imidazole rings is 1. The van der Waals surface area contributed by atoms with Gasteiger partial charge in [0.15, 0.2) is 11.6 Å². The number of hydrogen-bond acceptors (Lipinski definition) is 8. The summed E-state index contributed by atoms with van der Waals surface area (Å²) in [7, 11) is -4.09. The topological polar surface area (TPSA) is 157 Å². The van der Waals surface area contributed by atoms with E-state index < -0.39 is 40.5 Å². The van der Waals surface area contributed by atoms with Gasteiger partial charge in [-0.2, -0.15) is 9.57 Å². The summed E-state index contributed by atoms with van der Waals surface area (Å²) < 4.78 is 32.5. The number of ether oxygens (including phenoxy) is 1. The molecule has 0 saturated carbocycles. The van der Waals surface area contributed by atoms with Crippen molar-refractivity contribution in [3.63, 3.8) is 0 Å². The van der Waals surface area contributed by atoms with Gasteiger partial charge in [-0.25, -0.2) is 13.4 Å². The molecule has 3 N–H and O–H groups in total. The van der Waals surface area contributed by atoms with E-state index in [1.54, 1.807) is 37.3 Å². The maximum absolute atomic E-state index is 13.2.